The summed E-state index contributed by atoms with van der Waals surface area (Å²) in [5.74, 6) is 1.59. The fourth-order valence-electron chi connectivity index (χ4n) is 8.28. The first-order valence-electron chi connectivity index (χ1n) is 24.1. The van der Waals surface area contributed by atoms with Gasteiger partial charge in [-0.05, 0) is 60.8 Å². The van der Waals surface area contributed by atoms with Crippen LogP contribution in [0.15, 0.2) is 72.8 Å². The Kier molecular flexibility index (Phi) is 27.7. The second-order valence-corrected chi connectivity index (χ2v) is 17.3. The summed E-state index contributed by atoms with van der Waals surface area (Å²) >= 11 is 0. The summed E-state index contributed by atoms with van der Waals surface area (Å²) in [6.45, 7) is 7.89. The van der Waals surface area contributed by atoms with Crippen LogP contribution in [0.25, 0.3) is 0 Å². The van der Waals surface area contributed by atoms with Gasteiger partial charge in [-0.1, -0.05) is 217 Å². The lowest BCUT2D eigenvalue weighted by atomic mass is 9.79. The molecule has 0 heterocycles. The average Bonchev–Trinajstić information content (AvgIpc) is 3.26. The minimum atomic E-state index is -1.18. The van der Waals surface area contributed by atoms with E-state index < -0.39 is 5.60 Å². The molecule has 0 spiro atoms. The van der Waals surface area contributed by atoms with Gasteiger partial charge in [-0.25, -0.2) is 0 Å². The van der Waals surface area contributed by atoms with E-state index in [1.54, 1.807) is 12.1 Å². The van der Waals surface area contributed by atoms with E-state index in [1.807, 2.05) is 67.2 Å². The summed E-state index contributed by atoms with van der Waals surface area (Å²) in [6, 6.07) is 22.8. The highest BCUT2D eigenvalue weighted by molar-refractivity contribution is 6.25. The van der Waals surface area contributed by atoms with Crippen molar-refractivity contribution in [3.63, 3.8) is 0 Å². The first kappa shape index (κ1) is 50.2. The summed E-state index contributed by atoms with van der Waals surface area (Å²) in [6.07, 6.45) is 37.3. The third-order valence-electron chi connectivity index (χ3n) is 11.8. The molecule has 3 aromatic carbocycles. The predicted octanol–water partition coefficient (Wildman–Crippen LogP) is 16.3. The predicted molar refractivity (Wildman–Crippen MR) is 250 cm³/mol. The van der Waals surface area contributed by atoms with Gasteiger partial charge in [-0.3, -0.25) is 10.1 Å². The minimum absolute atomic E-state index is 0.0296. The minimum Gasteiger partial charge on any atom is -0.494 e. The molecule has 0 bridgehead atoms. The van der Waals surface area contributed by atoms with Gasteiger partial charge in [-0.2, -0.15) is 0 Å². The van der Waals surface area contributed by atoms with E-state index in [9.17, 15) is 10.1 Å². The molecule has 3 rings (SSSR count). The zero-order valence-electron chi connectivity index (χ0n) is 37.6. The molecule has 0 atom stereocenters. The topological polar surface area (TPSA) is 70.8 Å². The first-order chi connectivity index (χ1) is 29.1. The summed E-state index contributed by atoms with van der Waals surface area (Å²) in [4.78, 5) is 12.1. The van der Waals surface area contributed by atoms with E-state index >= 15 is 0 Å². The molecular formula is C52H81NO5Si. The van der Waals surface area contributed by atoms with Crippen LogP contribution >= 0.6 is 0 Å². The number of hydrogen-bond donors (Lipinski definition) is 0. The van der Waals surface area contributed by atoms with E-state index in [0.717, 1.165) is 35.5 Å². The van der Waals surface area contributed by atoms with Crippen LogP contribution in [0.1, 0.15) is 210 Å². The third-order valence-corrected chi connectivity index (χ3v) is 12.3. The first-order valence-corrected chi connectivity index (χ1v) is 25.5. The highest BCUT2D eigenvalue weighted by Gasteiger charge is 2.42. The Labute approximate surface area is 363 Å². The fraction of sp³-hybridized carbons (Fsp3) is 0.654. The zero-order chi connectivity index (χ0) is 42.1. The molecule has 0 aliphatic heterocycles. The molecular weight excluding hydrogens is 747 g/mol. The van der Waals surface area contributed by atoms with Crippen molar-refractivity contribution in [2.45, 2.75) is 206 Å². The van der Waals surface area contributed by atoms with E-state index in [4.69, 9.17) is 13.9 Å². The Morgan fingerprint density at radius 1 is 0.475 bits per heavy atom. The summed E-state index contributed by atoms with van der Waals surface area (Å²) in [7, 11) is 0.0819. The zero-order valence-corrected chi connectivity index (χ0v) is 38.6. The number of nitrogens with zero attached hydrogens (tertiary/aromatic N) is 1. The van der Waals surface area contributed by atoms with E-state index in [2.05, 4.69) is 13.8 Å². The van der Waals surface area contributed by atoms with Gasteiger partial charge in [-0.15, -0.1) is 0 Å². The molecule has 0 aliphatic rings. The molecule has 0 saturated heterocycles. The normalized spacial score (nSPS) is 11.6. The maximum absolute atomic E-state index is 12.4. The Balaban J connectivity index is 1.48. The number of para-hydroxylation sites is 1. The van der Waals surface area contributed by atoms with Crippen LogP contribution in [0.2, 0.25) is 6.55 Å². The van der Waals surface area contributed by atoms with Crippen LogP contribution in [0.4, 0.5) is 5.69 Å². The second-order valence-electron chi connectivity index (χ2n) is 16.7. The fourth-order valence-corrected chi connectivity index (χ4v) is 8.93. The SMILES string of the molecule is CCCCCCCCCCCCCCCCOc1ccc(C(O[Si]C)(c2ccc(OCCCCCCCCCCCCCCCC)cc2)c2ccccc2[N+](=O)[O-])cc1. The lowest BCUT2D eigenvalue weighted by Gasteiger charge is -2.35. The number of nitro groups is 1. The summed E-state index contributed by atoms with van der Waals surface area (Å²) in [5, 5.41) is 12.4. The largest absolute Gasteiger partial charge is 0.494 e. The molecule has 0 N–H and O–H groups in total. The van der Waals surface area contributed by atoms with Crippen LogP contribution in [0.5, 0.6) is 11.5 Å². The molecule has 0 aromatic heterocycles. The highest BCUT2D eigenvalue weighted by atomic mass is 28.2. The van der Waals surface area contributed by atoms with Gasteiger partial charge in [0.2, 0.25) is 9.76 Å². The van der Waals surface area contributed by atoms with Crippen molar-refractivity contribution < 1.29 is 18.8 Å². The van der Waals surface area contributed by atoms with Crippen LogP contribution in [-0.2, 0) is 10.0 Å². The standard InChI is InChI=1S/C52H81NO5Si/c1-4-6-8-10-12-14-16-18-20-22-24-26-28-32-44-56-48-40-36-46(37-41-48)52(58-59-3,50-34-30-31-35-51(50)53(54)55)47-38-42-49(43-39-47)57-45-33-29-27-25-23-21-19-17-15-13-11-9-7-5-2/h30-31,34-43H,4-29,32-33,44-45H2,1-3H3. The molecule has 3 aromatic rings. The number of rotatable bonds is 38. The molecule has 7 heteroatoms. The maximum atomic E-state index is 12.4. The highest BCUT2D eigenvalue weighted by Crippen LogP contribution is 2.45. The molecule has 0 amide bonds. The number of nitro benzene ring substituents is 1. The molecule has 2 radical (unpaired) electrons. The average molecular weight is 828 g/mol. The maximum Gasteiger partial charge on any atom is 0.276 e. The van der Waals surface area contributed by atoms with E-state index in [-0.39, 0.29) is 20.4 Å². The summed E-state index contributed by atoms with van der Waals surface area (Å²) < 4.78 is 19.0. The van der Waals surface area contributed by atoms with Crippen molar-refractivity contribution >= 4 is 15.5 Å². The van der Waals surface area contributed by atoms with Crippen molar-refractivity contribution in [1.82, 2.24) is 0 Å². The molecule has 0 aliphatic carbocycles. The Hall–Kier alpha value is -3.16. The van der Waals surface area contributed by atoms with Crippen LogP contribution < -0.4 is 9.47 Å². The van der Waals surface area contributed by atoms with Gasteiger partial charge < -0.3 is 13.9 Å². The monoisotopic (exact) mass is 828 g/mol. The number of hydrogen-bond acceptors (Lipinski definition) is 5. The second kappa shape index (κ2) is 32.6. The van der Waals surface area contributed by atoms with Crippen molar-refractivity contribution in [3.8, 4) is 11.5 Å². The number of benzene rings is 3. The van der Waals surface area contributed by atoms with Gasteiger partial charge in [0.25, 0.3) is 5.69 Å². The van der Waals surface area contributed by atoms with Gasteiger partial charge in [0.05, 0.1) is 23.7 Å². The molecule has 6 nitrogen and oxygen atoms in total. The molecule has 0 saturated carbocycles. The number of ether oxygens (including phenoxy) is 2. The van der Waals surface area contributed by atoms with Gasteiger partial charge in [0.15, 0.2) is 0 Å². The van der Waals surface area contributed by atoms with Crippen molar-refractivity contribution in [2.75, 3.05) is 13.2 Å². The molecule has 0 fully saturated rings. The molecule has 0 unspecified atom stereocenters. The van der Waals surface area contributed by atoms with Gasteiger partial charge in [0.1, 0.15) is 17.1 Å². The quantitative estimate of drug-likeness (QED) is 0.0189. The molecule has 328 valence electrons. The van der Waals surface area contributed by atoms with E-state index in [1.165, 1.54) is 167 Å². The smallest absolute Gasteiger partial charge is 0.276 e. The Morgan fingerprint density at radius 2 is 0.797 bits per heavy atom. The van der Waals surface area contributed by atoms with Crippen LogP contribution in [0, 0.1) is 10.1 Å². The van der Waals surface area contributed by atoms with Crippen molar-refractivity contribution in [1.29, 1.82) is 0 Å². The van der Waals surface area contributed by atoms with E-state index in [0.29, 0.717) is 18.8 Å². The molecule has 59 heavy (non-hydrogen) atoms. The lowest BCUT2D eigenvalue weighted by molar-refractivity contribution is -0.386. The van der Waals surface area contributed by atoms with Gasteiger partial charge in [0, 0.05) is 6.07 Å². The van der Waals surface area contributed by atoms with Gasteiger partial charge >= 0.3 is 0 Å². The number of unbranched alkanes of at least 4 members (excludes halogenated alkanes) is 26. The Bertz CT molecular complexity index is 1390. The lowest BCUT2D eigenvalue weighted by Crippen LogP contribution is -2.34. The third kappa shape index (κ3) is 19.8. The van der Waals surface area contributed by atoms with Crippen molar-refractivity contribution in [3.05, 3.63) is 99.6 Å². The van der Waals surface area contributed by atoms with Crippen molar-refractivity contribution in [2.24, 2.45) is 0 Å². The summed E-state index contributed by atoms with van der Waals surface area (Å²) in [5.41, 5.74) is 0.993. The van der Waals surface area contributed by atoms with Crippen LogP contribution in [-0.4, -0.2) is 27.9 Å². The van der Waals surface area contributed by atoms with Crippen LogP contribution in [0.3, 0.4) is 0 Å². The Morgan fingerprint density at radius 3 is 1.12 bits per heavy atom.